The molecule has 2 fully saturated rings. The number of nitrogens with zero attached hydrogens (tertiary/aromatic N) is 3. The van der Waals surface area contributed by atoms with E-state index in [2.05, 4.69) is 5.32 Å². The molecule has 6 nitrogen and oxygen atoms in total. The molecule has 1 saturated heterocycles. The minimum atomic E-state index is -0.103. The predicted octanol–water partition coefficient (Wildman–Crippen LogP) is 7.22. The second kappa shape index (κ2) is 11.3. The van der Waals surface area contributed by atoms with Crippen LogP contribution >= 0.6 is 11.8 Å². The highest BCUT2D eigenvalue weighted by Gasteiger charge is 2.38. The Morgan fingerprint density at radius 1 is 0.923 bits per heavy atom. The number of aliphatic imine (C=N–C) groups is 1. The van der Waals surface area contributed by atoms with Gasteiger partial charge in [-0.25, -0.2) is 4.99 Å². The van der Waals surface area contributed by atoms with E-state index in [1.807, 2.05) is 107 Å². The third-order valence-corrected chi connectivity index (χ3v) is 8.22. The summed E-state index contributed by atoms with van der Waals surface area (Å²) in [4.78, 5) is 34.1. The molecule has 2 heterocycles. The van der Waals surface area contributed by atoms with E-state index in [0.29, 0.717) is 4.91 Å². The number of rotatable bonds is 6. The normalized spacial score (nSPS) is 18.4. The molecular weight excluding hydrogens is 504 g/mol. The van der Waals surface area contributed by atoms with Crippen LogP contribution in [0.15, 0.2) is 101 Å². The smallest absolute Gasteiger partial charge is 0.267 e. The van der Waals surface area contributed by atoms with Crippen molar-refractivity contribution in [3.63, 3.8) is 0 Å². The Morgan fingerprint density at radius 2 is 1.62 bits per heavy atom. The van der Waals surface area contributed by atoms with E-state index in [4.69, 9.17) is 4.99 Å². The molecular formula is C32H30N4O2S. The number of anilines is 1. The minimum absolute atomic E-state index is 0.0141. The van der Waals surface area contributed by atoms with Crippen molar-refractivity contribution < 1.29 is 9.59 Å². The summed E-state index contributed by atoms with van der Waals surface area (Å²) in [7, 11) is 0. The summed E-state index contributed by atoms with van der Waals surface area (Å²) < 4.78 is 1.95. The lowest BCUT2D eigenvalue weighted by atomic mass is 9.94. The van der Waals surface area contributed by atoms with Gasteiger partial charge in [-0.2, -0.15) is 0 Å². The number of amidine groups is 1. The topological polar surface area (TPSA) is 66.7 Å². The van der Waals surface area contributed by atoms with E-state index in [9.17, 15) is 9.59 Å². The molecule has 0 atom stereocenters. The van der Waals surface area contributed by atoms with Crippen molar-refractivity contribution in [1.29, 1.82) is 0 Å². The van der Waals surface area contributed by atoms with Crippen molar-refractivity contribution in [3.8, 4) is 0 Å². The van der Waals surface area contributed by atoms with Gasteiger partial charge in [0.15, 0.2) is 5.17 Å². The van der Waals surface area contributed by atoms with E-state index in [0.717, 1.165) is 58.7 Å². The number of thioether (sulfide) groups is 1. The van der Waals surface area contributed by atoms with Gasteiger partial charge in [0, 0.05) is 34.4 Å². The minimum Gasteiger partial charge on any atom is -0.337 e. The van der Waals surface area contributed by atoms with Crippen LogP contribution < -0.4 is 5.32 Å². The molecule has 7 heteroatoms. The Balaban J connectivity index is 1.32. The zero-order chi connectivity index (χ0) is 26.6. The molecule has 1 saturated carbocycles. The first kappa shape index (κ1) is 25.2. The van der Waals surface area contributed by atoms with Gasteiger partial charge < -0.3 is 9.88 Å². The van der Waals surface area contributed by atoms with Crippen LogP contribution in [0.4, 0.5) is 11.4 Å². The van der Waals surface area contributed by atoms with Gasteiger partial charge in [0.2, 0.25) is 5.91 Å². The third kappa shape index (κ3) is 5.54. The fourth-order valence-corrected chi connectivity index (χ4v) is 6.43. The summed E-state index contributed by atoms with van der Waals surface area (Å²) in [6.07, 6.45) is 9.42. The summed E-state index contributed by atoms with van der Waals surface area (Å²) in [5.41, 5.74) is 3.47. The zero-order valence-corrected chi connectivity index (χ0v) is 22.4. The van der Waals surface area contributed by atoms with E-state index in [1.54, 1.807) is 0 Å². The molecule has 39 heavy (non-hydrogen) atoms. The monoisotopic (exact) mass is 534 g/mol. The summed E-state index contributed by atoms with van der Waals surface area (Å²) in [6.45, 7) is 0.175. The molecule has 1 N–H and O–H groups in total. The average molecular weight is 535 g/mol. The first-order valence-electron chi connectivity index (χ1n) is 13.5. The van der Waals surface area contributed by atoms with Gasteiger partial charge in [-0.15, -0.1) is 0 Å². The fourth-order valence-electron chi connectivity index (χ4n) is 5.38. The van der Waals surface area contributed by atoms with Crippen molar-refractivity contribution >= 4 is 57.1 Å². The lowest BCUT2D eigenvalue weighted by molar-refractivity contribution is -0.124. The fraction of sp³-hybridized carbons (Fsp3) is 0.219. The van der Waals surface area contributed by atoms with Crippen LogP contribution in [-0.4, -0.2) is 32.5 Å². The molecule has 1 aliphatic heterocycles. The van der Waals surface area contributed by atoms with Crippen LogP contribution in [0.1, 0.15) is 37.7 Å². The Bertz CT molecular complexity index is 1550. The standard InChI is InChI=1S/C32H30N4O2S/c37-30(33-24-12-4-1-5-13-24)22-35-21-23(27-18-10-11-19-28(27)35)20-29-31(38)36(26-16-8-3-9-17-26)32(39-29)34-25-14-6-2-7-15-25/h1-2,4-7,10-15,18-21,26H,3,8-9,16-17,22H2,(H,33,37)/b29-20+,34-32?. The van der Waals surface area contributed by atoms with Gasteiger partial charge >= 0.3 is 0 Å². The highest BCUT2D eigenvalue weighted by molar-refractivity contribution is 8.18. The summed E-state index contributed by atoms with van der Waals surface area (Å²) in [5, 5.41) is 4.71. The van der Waals surface area contributed by atoms with E-state index in [-0.39, 0.29) is 24.4 Å². The lowest BCUT2D eigenvalue weighted by Gasteiger charge is -2.30. The van der Waals surface area contributed by atoms with Gasteiger partial charge in [0.05, 0.1) is 10.6 Å². The summed E-state index contributed by atoms with van der Waals surface area (Å²) in [5.74, 6) is -0.0894. The van der Waals surface area contributed by atoms with Crippen molar-refractivity contribution in [1.82, 2.24) is 9.47 Å². The van der Waals surface area contributed by atoms with Crippen LogP contribution in [0.25, 0.3) is 17.0 Å². The number of nitrogens with one attached hydrogen (secondary N) is 1. The highest BCUT2D eigenvalue weighted by Crippen LogP contribution is 2.39. The summed E-state index contributed by atoms with van der Waals surface area (Å²) >= 11 is 1.44. The zero-order valence-electron chi connectivity index (χ0n) is 21.6. The molecule has 196 valence electrons. The molecule has 3 aromatic carbocycles. The third-order valence-electron chi connectivity index (χ3n) is 7.24. The molecule has 0 radical (unpaired) electrons. The second-order valence-electron chi connectivity index (χ2n) is 9.95. The number of amides is 2. The van der Waals surface area contributed by atoms with Gasteiger partial charge in [0.1, 0.15) is 6.54 Å². The first-order chi connectivity index (χ1) is 19.2. The highest BCUT2D eigenvalue weighted by atomic mass is 32.2. The number of carbonyl (C=O) groups is 2. The Kier molecular flexibility index (Phi) is 7.32. The van der Waals surface area contributed by atoms with Crippen molar-refractivity contribution in [2.45, 2.75) is 44.7 Å². The maximum Gasteiger partial charge on any atom is 0.267 e. The summed E-state index contributed by atoms with van der Waals surface area (Å²) in [6, 6.07) is 27.5. The average Bonchev–Trinajstić information content (AvgIpc) is 3.46. The Morgan fingerprint density at radius 3 is 2.38 bits per heavy atom. The molecule has 0 unspecified atom stereocenters. The van der Waals surface area contributed by atoms with Crippen molar-refractivity contribution in [3.05, 3.63) is 102 Å². The van der Waals surface area contributed by atoms with Crippen LogP contribution in [0.5, 0.6) is 0 Å². The quantitative estimate of drug-likeness (QED) is 0.266. The van der Waals surface area contributed by atoms with Gasteiger partial charge in [-0.3, -0.25) is 14.5 Å². The van der Waals surface area contributed by atoms with E-state index < -0.39 is 0 Å². The van der Waals surface area contributed by atoms with Crippen LogP contribution in [0.2, 0.25) is 0 Å². The van der Waals surface area contributed by atoms with Crippen molar-refractivity contribution in [2.24, 2.45) is 4.99 Å². The molecule has 1 aliphatic carbocycles. The van der Waals surface area contributed by atoms with E-state index >= 15 is 0 Å². The van der Waals surface area contributed by atoms with Crippen LogP contribution in [0.3, 0.4) is 0 Å². The second-order valence-corrected chi connectivity index (χ2v) is 11.0. The number of hydrogen-bond donors (Lipinski definition) is 1. The number of benzene rings is 3. The molecule has 2 aliphatic rings. The predicted molar refractivity (Wildman–Crippen MR) is 160 cm³/mol. The number of hydrogen-bond acceptors (Lipinski definition) is 4. The van der Waals surface area contributed by atoms with Crippen LogP contribution in [-0.2, 0) is 16.1 Å². The lowest BCUT2D eigenvalue weighted by Crippen LogP contribution is -2.40. The largest absolute Gasteiger partial charge is 0.337 e. The number of fused-ring (bicyclic) bond motifs is 1. The molecule has 0 bridgehead atoms. The first-order valence-corrected chi connectivity index (χ1v) is 14.3. The molecule has 4 aromatic rings. The number of para-hydroxylation sites is 3. The Labute approximate surface area is 232 Å². The molecule has 1 aromatic heterocycles. The van der Waals surface area contributed by atoms with Crippen molar-refractivity contribution in [2.75, 3.05) is 5.32 Å². The van der Waals surface area contributed by atoms with Crippen LogP contribution in [0, 0.1) is 0 Å². The maximum absolute atomic E-state index is 13.8. The molecule has 6 rings (SSSR count). The Hall–Kier alpha value is -4.10. The van der Waals surface area contributed by atoms with Gasteiger partial charge in [-0.1, -0.05) is 73.9 Å². The van der Waals surface area contributed by atoms with Gasteiger partial charge in [-0.05, 0) is 61.0 Å². The maximum atomic E-state index is 13.8. The number of carbonyl (C=O) groups excluding carboxylic acids is 2. The molecule has 2 amide bonds. The molecule has 0 spiro atoms. The number of aromatic nitrogens is 1. The van der Waals surface area contributed by atoms with Gasteiger partial charge in [0.25, 0.3) is 5.91 Å². The van der Waals surface area contributed by atoms with E-state index in [1.165, 1.54) is 18.2 Å². The SMILES string of the molecule is O=C(Cn1cc(/C=C2/SC(=Nc3ccccc3)N(C3CCCCC3)C2=O)c2ccccc21)Nc1ccccc1.